The molecule has 2 aromatic rings. The van der Waals surface area contributed by atoms with Gasteiger partial charge in [-0.25, -0.2) is 4.39 Å². The second kappa shape index (κ2) is 8.42. The van der Waals surface area contributed by atoms with Gasteiger partial charge in [0.1, 0.15) is 5.75 Å². The molecule has 1 fully saturated rings. The second-order valence-corrected chi connectivity index (χ2v) is 7.81. The average molecular weight is 415 g/mol. The molecule has 0 spiro atoms. The number of halogens is 2. The SMILES string of the molecule is COc1cc(N2CCC(CCC(=O)c3ccc4c(c3)OC(=O)C4)CC2)cc(F)c1F. The van der Waals surface area contributed by atoms with Gasteiger partial charge in [0.25, 0.3) is 0 Å². The summed E-state index contributed by atoms with van der Waals surface area (Å²) in [5.74, 6) is -1.37. The molecule has 30 heavy (non-hydrogen) atoms. The molecule has 5 nitrogen and oxygen atoms in total. The summed E-state index contributed by atoms with van der Waals surface area (Å²) in [4.78, 5) is 25.9. The van der Waals surface area contributed by atoms with Crippen LogP contribution in [-0.2, 0) is 11.2 Å². The number of ether oxygens (including phenoxy) is 2. The summed E-state index contributed by atoms with van der Waals surface area (Å²) >= 11 is 0. The fourth-order valence-corrected chi connectivity index (χ4v) is 4.12. The minimum absolute atomic E-state index is 0.0357. The lowest BCUT2D eigenvalue weighted by atomic mass is 9.90. The highest BCUT2D eigenvalue weighted by molar-refractivity contribution is 5.97. The Morgan fingerprint density at radius 3 is 2.70 bits per heavy atom. The molecule has 4 rings (SSSR count). The Morgan fingerprint density at radius 2 is 1.97 bits per heavy atom. The van der Waals surface area contributed by atoms with Crippen molar-refractivity contribution < 1.29 is 27.8 Å². The molecule has 0 N–H and O–H groups in total. The molecular formula is C23H23F2NO4. The molecule has 2 aliphatic rings. The van der Waals surface area contributed by atoms with Crippen LogP contribution in [0.25, 0.3) is 0 Å². The number of benzene rings is 2. The van der Waals surface area contributed by atoms with Crippen LogP contribution in [0.2, 0.25) is 0 Å². The molecule has 158 valence electrons. The standard InChI is InChI=1S/C23H23F2NO4/c1-29-21-13-17(12-18(24)23(21)25)26-8-6-14(7-9-26)2-5-19(27)15-3-4-16-11-22(28)30-20(16)10-15/h3-4,10,12-14H,2,5-9,11H2,1H3. The van der Waals surface area contributed by atoms with Crippen LogP contribution in [0.1, 0.15) is 41.6 Å². The number of methoxy groups -OCH3 is 1. The summed E-state index contributed by atoms with van der Waals surface area (Å²) in [5.41, 5.74) is 1.99. The van der Waals surface area contributed by atoms with E-state index in [2.05, 4.69) is 0 Å². The fourth-order valence-electron chi connectivity index (χ4n) is 4.12. The summed E-state index contributed by atoms with van der Waals surface area (Å²) in [5, 5.41) is 0. The van der Waals surface area contributed by atoms with E-state index >= 15 is 0 Å². The highest BCUT2D eigenvalue weighted by Crippen LogP contribution is 2.32. The van der Waals surface area contributed by atoms with Crippen LogP contribution in [0.4, 0.5) is 14.5 Å². The van der Waals surface area contributed by atoms with Crippen LogP contribution in [0.5, 0.6) is 11.5 Å². The Hall–Kier alpha value is -2.96. The van der Waals surface area contributed by atoms with Crippen LogP contribution < -0.4 is 14.4 Å². The molecule has 7 heteroatoms. The number of carbonyl (C=O) groups excluding carboxylic acids is 2. The van der Waals surface area contributed by atoms with Crippen molar-refractivity contribution >= 4 is 17.4 Å². The van der Waals surface area contributed by atoms with Crippen molar-refractivity contribution in [3.05, 3.63) is 53.1 Å². The van der Waals surface area contributed by atoms with Gasteiger partial charge in [-0.1, -0.05) is 12.1 Å². The molecule has 0 aromatic heterocycles. The third kappa shape index (κ3) is 4.15. The fraction of sp³-hybridized carbons (Fsp3) is 0.391. The molecule has 0 bridgehead atoms. The molecule has 0 saturated carbocycles. The van der Waals surface area contributed by atoms with Crippen LogP contribution >= 0.6 is 0 Å². The van der Waals surface area contributed by atoms with Crippen molar-refractivity contribution in [3.8, 4) is 11.5 Å². The molecule has 1 saturated heterocycles. The van der Waals surface area contributed by atoms with E-state index in [9.17, 15) is 18.4 Å². The Bertz CT molecular complexity index is 983. The minimum Gasteiger partial charge on any atom is -0.493 e. The van der Waals surface area contributed by atoms with E-state index < -0.39 is 11.6 Å². The van der Waals surface area contributed by atoms with E-state index in [0.29, 0.717) is 42.4 Å². The van der Waals surface area contributed by atoms with Crippen molar-refractivity contribution in [2.75, 3.05) is 25.1 Å². The van der Waals surface area contributed by atoms with Gasteiger partial charge in [-0.05, 0) is 31.2 Å². The molecule has 0 radical (unpaired) electrons. The van der Waals surface area contributed by atoms with Gasteiger partial charge in [0, 0.05) is 48.5 Å². The van der Waals surface area contributed by atoms with E-state index in [1.54, 1.807) is 18.2 Å². The molecule has 0 amide bonds. The number of ketones is 1. The van der Waals surface area contributed by atoms with E-state index in [1.807, 2.05) is 4.90 Å². The number of piperidine rings is 1. The van der Waals surface area contributed by atoms with E-state index in [-0.39, 0.29) is 23.9 Å². The summed E-state index contributed by atoms with van der Waals surface area (Å²) < 4.78 is 37.5. The first kappa shape index (κ1) is 20.3. The van der Waals surface area contributed by atoms with Crippen LogP contribution in [-0.4, -0.2) is 32.0 Å². The molecule has 2 aliphatic heterocycles. The van der Waals surface area contributed by atoms with E-state index in [0.717, 1.165) is 24.8 Å². The lowest BCUT2D eigenvalue weighted by molar-refractivity contribution is -0.131. The number of esters is 1. The number of hydrogen-bond acceptors (Lipinski definition) is 5. The molecule has 0 aliphatic carbocycles. The maximum atomic E-state index is 13.8. The Kier molecular flexibility index (Phi) is 5.70. The van der Waals surface area contributed by atoms with Crippen molar-refractivity contribution in [2.24, 2.45) is 5.92 Å². The number of Topliss-reactive ketones (excluding diaryl/α,β-unsaturated/α-hetero) is 1. The third-order valence-electron chi connectivity index (χ3n) is 5.91. The quantitative estimate of drug-likeness (QED) is 0.400. The van der Waals surface area contributed by atoms with Crippen LogP contribution in [0.15, 0.2) is 30.3 Å². The Morgan fingerprint density at radius 1 is 1.20 bits per heavy atom. The lowest BCUT2D eigenvalue weighted by Gasteiger charge is -2.33. The molecular weight excluding hydrogens is 392 g/mol. The summed E-state index contributed by atoms with van der Waals surface area (Å²) in [6.45, 7) is 1.42. The van der Waals surface area contributed by atoms with Gasteiger partial charge in [-0.3, -0.25) is 9.59 Å². The predicted octanol–water partition coefficient (Wildman–Crippen LogP) is 4.31. The van der Waals surface area contributed by atoms with Gasteiger partial charge < -0.3 is 14.4 Å². The number of nitrogens with zero attached hydrogens (tertiary/aromatic N) is 1. The lowest BCUT2D eigenvalue weighted by Crippen LogP contribution is -2.34. The van der Waals surface area contributed by atoms with Gasteiger partial charge in [0.2, 0.25) is 5.82 Å². The zero-order valence-electron chi connectivity index (χ0n) is 16.7. The maximum Gasteiger partial charge on any atom is 0.315 e. The zero-order valence-corrected chi connectivity index (χ0v) is 16.7. The van der Waals surface area contributed by atoms with Gasteiger partial charge in [0.15, 0.2) is 17.3 Å². The summed E-state index contributed by atoms with van der Waals surface area (Å²) in [6, 6.07) is 7.90. The van der Waals surface area contributed by atoms with E-state index in [4.69, 9.17) is 9.47 Å². The van der Waals surface area contributed by atoms with E-state index in [1.165, 1.54) is 19.2 Å². The van der Waals surface area contributed by atoms with Crippen molar-refractivity contribution in [1.82, 2.24) is 0 Å². The zero-order chi connectivity index (χ0) is 21.3. The van der Waals surface area contributed by atoms with Gasteiger partial charge >= 0.3 is 5.97 Å². The highest BCUT2D eigenvalue weighted by atomic mass is 19.2. The first-order valence-electron chi connectivity index (χ1n) is 10.1. The van der Waals surface area contributed by atoms with Gasteiger partial charge in [-0.2, -0.15) is 4.39 Å². The summed E-state index contributed by atoms with van der Waals surface area (Å²) in [6.07, 6.45) is 3.19. The molecule has 0 atom stereocenters. The highest BCUT2D eigenvalue weighted by Gasteiger charge is 2.24. The predicted molar refractivity (Wildman–Crippen MR) is 107 cm³/mol. The second-order valence-electron chi connectivity index (χ2n) is 7.81. The number of rotatable bonds is 6. The molecule has 2 heterocycles. The van der Waals surface area contributed by atoms with Crippen LogP contribution in [0.3, 0.4) is 0 Å². The molecule has 2 aromatic carbocycles. The van der Waals surface area contributed by atoms with Gasteiger partial charge in [0.05, 0.1) is 13.5 Å². The monoisotopic (exact) mass is 415 g/mol. The number of anilines is 1. The van der Waals surface area contributed by atoms with Crippen molar-refractivity contribution in [3.63, 3.8) is 0 Å². The average Bonchev–Trinajstić information content (AvgIpc) is 3.13. The minimum atomic E-state index is -0.976. The largest absolute Gasteiger partial charge is 0.493 e. The first-order valence-corrected chi connectivity index (χ1v) is 10.1. The topological polar surface area (TPSA) is 55.8 Å². The third-order valence-corrected chi connectivity index (χ3v) is 5.91. The van der Waals surface area contributed by atoms with Crippen molar-refractivity contribution in [2.45, 2.75) is 32.1 Å². The van der Waals surface area contributed by atoms with Gasteiger partial charge in [-0.15, -0.1) is 0 Å². The Labute approximate surface area is 173 Å². The van der Waals surface area contributed by atoms with Crippen molar-refractivity contribution in [1.29, 1.82) is 0 Å². The van der Waals surface area contributed by atoms with Crippen LogP contribution in [0, 0.1) is 17.6 Å². The number of fused-ring (bicyclic) bond motifs is 1. The summed E-state index contributed by atoms with van der Waals surface area (Å²) in [7, 11) is 1.32. The Balaban J connectivity index is 1.30. The molecule has 0 unspecified atom stereocenters. The normalized spacial score (nSPS) is 16.4. The first-order chi connectivity index (χ1) is 14.4. The number of hydrogen-bond donors (Lipinski definition) is 0. The number of carbonyl (C=O) groups is 2. The smallest absolute Gasteiger partial charge is 0.315 e. The maximum absolute atomic E-state index is 13.8.